The Kier molecular flexibility index (Phi) is 22.7. The molecule has 2 aromatic rings. The van der Waals surface area contributed by atoms with Gasteiger partial charge in [-0.25, -0.2) is 0 Å². The standard InChI is InChI=1S/C56H80O35/c57-9-22-43-29(62)36(69)50(78-22)86-44-23(10-58)81-53(39(72)32(44)65)90-48-27-16-76-14-18-1-5-20(6-2-18)21-7-3-19(4-8-21)15-77-17-28-49(34(67)41(74)55(83-28)88-46-25(12-60)79-51(85-43)37(70)30(46)63)91-54-40(73)33(66)45(24(11-59)82-54)87-52-38(71)31(64)47(26(13-61)80-52)89-56(84-27)42(75)35(48)68/h1-8,22-75H,9-17H2/t22-,23-,24-,25-,26-,27-,28-,29?,30?,31?,32?,33?,34?,35?,36?,37?,38?,39?,40?,41?,42?,43-,44-,45-,46-,47-,48-,49-,50-,51-,52-,53-,54+,55-,56-/m1/s1. The van der Waals surface area contributed by atoms with Crippen LogP contribution in [0.2, 0.25) is 0 Å². The van der Waals surface area contributed by atoms with Gasteiger partial charge in [-0.05, 0) is 22.3 Å². The van der Waals surface area contributed by atoms with E-state index in [0.29, 0.717) is 11.1 Å². The molecule has 30 heterocycles. The summed E-state index contributed by atoms with van der Waals surface area (Å²) in [5.41, 5.74) is 2.71. The third kappa shape index (κ3) is 14.1. The maximum atomic E-state index is 11.9. The van der Waals surface area contributed by atoms with Crippen molar-refractivity contribution in [3.05, 3.63) is 59.7 Å². The van der Waals surface area contributed by atoms with Crippen molar-refractivity contribution in [3.8, 4) is 11.1 Å². The molecule has 0 aliphatic carbocycles. The number of hydrogen-bond donors (Lipinski definition) is 19. The van der Waals surface area contributed by atoms with Crippen molar-refractivity contribution in [3.63, 3.8) is 0 Å². The van der Waals surface area contributed by atoms with E-state index in [1.165, 1.54) is 0 Å². The first kappa shape index (κ1) is 69.4. The molecule has 0 amide bonds. The summed E-state index contributed by atoms with van der Waals surface area (Å²) in [6.07, 6.45) is -69.4. The number of ether oxygens (including phenoxy) is 16. The molecule has 16 saturated heterocycles. The molecule has 20 bridgehead atoms. The van der Waals surface area contributed by atoms with E-state index in [9.17, 15) is 97.0 Å². The van der Waals surface area contributed by atoms with E-state index in [-0.39, 0.29) is 13.2 Å². The fraction of sp³-hybridized carbons (Fsp3) is 0.786. The largest absolute Gasteiger partial charge is 0.394 e. The fourth-order valence-electron chi connectivity index (χ4n) is 12.6. The van der Waals surface area contributed by atoms with E-state index in [0.717, 1.165) is 11.1 Å². The van der Waals surface area contributed by atoms with E-state index in [4.69, 9.17) is 75.8 Å². The Morgan fingerprint density at radius 2 is 0.440 bits per heavy atom. The lowest BCUT2D eigenvalue weighted by molar-refractivity contribution is -0.397. The normalized spacial score (nSPS) is 49.6. The second kappa shape index (κ2) is 29.8. The Morgan fingerprint density at radius 3 is 0.659 bits per heavy atom. The molecule has 514 valence electrons. The molecule has 32 rings (SSSR count). The number of rotatable bonds is 5. The van der Waals surface area contributed by atoms with Gasteiger partial charge in [-0.1, -0.05) is 48.5 Å². The number of benzene rings is 2. The average Bonchev–Trinajstić information content (AvgIpc) is 0.874. The molecule has 35 nitrogen and oxygen atoms in total. The Balaban J connectivity index is 0.968. The lowest BCUT2D eigenvalue weighted by Gasteiger charge is -2.50. The molecule has 30 aliphatic heterocycles. The first-order valence-electron chi connectivity index (χ1n) is 29.7. The van der Waals surface area contributed by atoms with Gasteiger partial charge in [0, 0.05) is 0 Å². The van der Waals surface area contributed by atoms with Crippen molar-refractivity contribution in [1.29, 1.82) is 0 Å². The molecular weight excluding hydrogens is 1230 g/mol. The molecule has 0 radical (unpaired) electrons. The van der Waals surface area contributed by atoms with E-state index < -0.39 is 261 Å². The van der Waals surface area contributed by atoms with Crippen LogP contribution in [0.25, 0.3) is 11.1 Å². The van der Waals surface area contributed by atoms with Gasteiger partial charge in [0.05, 0.1) is 59.5 Å². The van der Waals surface area contributed by atoms with E-state index in [1.54, 1.807) is 48.5 Å². The number of aliphatic hydroxyl groups is 19. The van der Waals surface area contributed by atoms with Crippen molar-refractivity contribution in [2.45, 2.75) is 228 Å². The predicted octanol–water partition coefficient (Wildman–Crippen LogP) is -10.8. The lowest BCUT2D eigenvalue weighted by atomic mass is 9.95. The van der Waals surface area contributed by atoms with Crippen molar-refractivity contribution in [2.24, 2.45) is 0 Å². The molecule has 35 heteroatoms. The van der Waals surface area contributed by atoms with Gasteiger partial charge < -0.3 is 173 Å². The summed E-state index contributed by atoms with van der Waals surface area (Å²) in [6, 6.07) is 14.1. The highest BCUT2D eigenvalue weighted by molar-refractivity contribution is 5.64. The molecular formula is C56H80O35. The van der Waals surface area contributed by atoms with Gasteiger partial charge in [0.1, 0.15) is 171 Å². The van der Waals surface area contributed by atoms with Gasteiger partial charge in [-0.3, -0.25) is 0 Å². The van der Waals surface area contributed by atoms with Crippen molar-refractivity contribution >= 4 is 0 Å². The molecule has 14 unspecified atom stereocenters. The maximum absolute atomic E-state index is 11.9. The van der Waals surface area contributed by atoms with E-state index >= 15 is 0 Å². The monoisotopic (exact) mass is 1310 g/mol. The van der Waals surface area contributed by atoms with Crippen LogP contribution in [0, 0.1) is 0 Å². The zero-order valence-electron chi connectivity index (χ0n) is 48.2. The van der Waals surface area contributed by atoms with Crippen LogP contribution in [-0.2, 0) is 89.0 Å². The molecule has 0 saturated carbocycles. The van der Waals surface area contributed by atoms with Gasteiger partial charge >= 0.3 is 0 Å². The predicted molar refractivity (Wildman–Crippen MR) is 285 cm³/mol. The second-order valence-corrected chi connectivity index (χ2v) is 23.7. The van der Waals surface area contributed by atoms with Crippen LogP contribution in [-0.4, -0.2) is 358 Å². The van der Waals surface area contributed by atoms with Gasteiger partial charge in [-0.15, -0.1) is 0 Å². The van der Waals surface area contributed by atoms with E-state index in [1.807, 2.05) is 0 Å². The van der Waals surface area contributed by atoms with Crippen LogP contribution in [0.15, 0.2) is 48.5 Å². The minimum Gasteiger partial charge on any atom is -0.394 e. The zero-order chi connectivity index (χ0) is 64.9. The van der Waals surface area contributed by atoms with Crippen LogP contribution in [0.1, 0.15) is 11.1 Å². The molecule has 2 aromatic carbocycles. The molecule has 35 atom stereocenters. The highest BCUT2D eigenvalue weighted by Crippen LogP contribution is 2.39. The SMILES string of the molecule is OC[C@H]1O[C@@H]2O[C@H]3C(O)C(O)[C@@H]4O[C@@H]3COCc3ccc(cc3)-c3ccc(cc3)COC[C@H]3O[C@H](O[C@H]5C(O)C(O)[C@H](O[C@@H]5CO)O[C@H]5C(O)C(O)[C@H](O[C@@H]5CO)O[C@H]1C(O)C2O)C(O)C(O)[C@@H]3O[C@@H]1O[C@H](CO)[C@@H](O[C@H]2O[C@H](CO)[C@@H](O4)C(O)C2O)C(O)C1O. The first-order chi connectivity index (χ1) is 43.7. The smallest absolute Gasteiger partial charge is 0.187 e. The second-order valence-electron chi connectivity index (χ2n) is 23.7. The molecule has 30 aliphatic rings. The highest BCUT2D eigenvalue weighted by atomic mass is 16.8. The molecule has 91 heavy (non-hydrogen) atoms. The van der Waals surface area contributed by atoms with Crippen LogP contribution < -0.4 is 0 Å². The van der Waals surface area contributed by atoms with Gasteiger partial charge in [0.25, 0.3) is 0 Å². The van der Waals surface area contributed by atoms with Crippen molar-refractivity contribution in [1.82, 2.24) is 0 Å². The van der Waals surface area contributed by atoms with E-state index in [2.05, 4.69) is 0 Å². The van der Waals surface area contributed by atoms with Gasteiger partial charge in [-0.2, -0.15) is 0 Å². The summed E-state index contributed by atoms with van der Waals surface area (Å²) >= 11 is 0. The van der Waals surface area contributed by atoms with Crippen LogP contribution in [0.5, 0.6) is 0 Å². The Hall–Kier alpha value is -2.96. The molecule has 19 N–H and O–H groups in total. The number of hydrogen-bond acceptors (Lipinski definition) is 35. The third-order valence-corrected chi connectivity index (χ3v) is 17.8. The van der Waals surface area contributed by atoms with Crippen molar-refractivity contribution in [2.75, 3.05) is 46.2 Å². The quantitative estimate of drug-likeness (QED) is 0.132. The summed E-state index contributed by atoms with van der Waals surface area (Å²) in [4.78, 5) is 0. The zero-order valence-corrected chi connectivity index (χ0v) is 48.2. The van der Waals surface area contributed by atoms with Gasteiger partial charge in [0.2, 0.25) is 0 Å². The van der Waals surface area contributed by atoms with Crippen molar-refractivity contribution < 1.29 is 173 Å². The summed E-state index contributed by atoms with van der Waals surface area (Å²) in [7, 11) is 0. The minimum absolute atomic E-state index is 0.139. The van der Waals surface area contributed by atoms with Crippen LogP contribution in [0.3, 0.4) is 0 Å². The lowest BCUT2D eigenvalue weighted by Crippen LogP contribution is -2.68. The summed E-state index contributed by atoms with van der Waals surface area (Å²) in [5, 5.41) is 217. The van der Waals surface area contributed by atoms with Gasteiger partial charge in [0.15, 0.2) is 44.0 Å². The van der Waals surface area contributed by atoms with Crippen LogP contribution >= 0.6 is 0 Å². The highest BCUT2D eigenvalue weighted by Gasteiger charge is 2.60. The summed E-state index contributed by atoms with van der Waals surface area (Å²) in [5.74, 6) is 0. The van der Waals surface area contributed by atoms with Crippen LogP contribution in [0.4, 0.5) is 0 Å². The third-order valence-electron chi connectivity index (χ3n) is 17.8. The summed E-state index contributed by atoms with van der Waals surface area (Å²) < 4.78 is 95.4. The molecule has 0 spiro atoms. The number of aliphatic hydroxyl groups excluding tert-OH is 19. The Labute approximate surface area is 516 Å². The topological polar surface area (TPSA) is 532 Å². The Bertz CT molecular complexity index is 2590. The Morgan fingerprint density at radius 1 is 0.242 bits per heavy atom. The minimum atomic E-state index is -2.20. The summed E-state index contributed by atoms with van der Waals surface area (Å²) in [6.45, 7) is -6.50. The molecule has 0 aromatic heterocycles. The average molecular weight is 1310 g/mol. The first-order valence-corrected chi connectivity index (χ1v) is 29.7. The molecule has 16 fully saturated rings. The fourth-order valence-corrected chi connectivity index (χ4v) is 12.6. The maximum Gasteiger partial charge on any atom is 0.187 e.